The lowest BCUT2D eigenvalue weighted by Gasteiger charge is -2.23. The van der Waals surface area contributed by atoms with Crippen molar-refractivity contribution in [3.63, 3.8) is 0 Å². The fourth-order valence-corrected chi connectivity index (χ4v) is 3.13. The maximum Gasteiger partial charge on any atom is 0.337 e. The van der Waals surface area contributed by atoms with E-state index >= 15 is 0 Å². The number of hydrogen-bond donors (Lipinski definition) is 1. The van der Waals surface area contributed by atoms with E-state index in [1.807, 2.05) is 0 Å². The molecule has 2 fully saturated rings. The van der Waals surface area contributed by atoms with Gasteiger partial charge in [-0.2, -0.15) is 0 Å². The van der Waals surface area contributed by atoms with E-state index < -0.39 is 11.6 Å². The Hall–Kier alpha value is -0.570. The number of fused-ring (bicyclic) bond motifs is 1. The molecule has 2 saturated carbocycles. The number of carbonyl (C=O) groups excluding carboxylic acids is 1. The smallest absolute Gasteiger partial charge is 0.337 e. The third-order valence-electron chi connectivity index (χ3n) is 3.83. The molecule has 0 radical (unpaired) electrons. The summed E-state index contributed by atoms with van der Waals surface area (Å²) >= 11 is 0. The van der Waals surface area contributed by atoms with Gasteiger partial charge in [0.2, 0.25) is 0 Å². The van der Waals surface area contributed by atoms with Crippen LogP contribution in [0.25, 0.3) is 0 Å². The number of hydrogen-bond acceptors (Lipinski definition) is 3. The summed E-state index contributed by atoms with van der Waals surface area (Å²) < 4.78 is 4.65. The number of carbonyl (C=O) groups is 1. The van der Waals surface area contributed by atoms with E-state index in [-0.39, 0.29) is 0 Å². The van der Waals surface area contributed by atoms with Gasteiger partial charge in [-0.15, -0.1) is 0 Å². The highest BCUT2D eigenvalue weighted by Crippen LogP contribution is 2.47. The molecule has 1 unspecified atom stereocenters. The van der Waals surface area contributed by atoms with E-state index in [1.165, 1.54) is 32.8 Å². The van der Waals surface area contributed by atoms with Crippen LogP contribution in [0.5, 0.6) is 0 Å². The molecule has 2 aliphatic rings. The minimum absolute atomic E-state index is 0.438. The molecule has 80 valence electrons. The summed E-state index contributed by atoms with van der Waals surface area (Å²) in [5, 5.41) is 10.1. The molecule has 0 amide bonds. The molecule has 0 aromatic carbocycles. The highest BCUT2D eigenvalue weighted by molar-refractivity contribution is 5.79. The molecule has 0 heterocycles. The van der Waals surface area contributed by atoms with Gasteiger partial charge in [-0.05, 0) is 24.7 Å². The van der Waals surface area contributed by atoms with Crippen LogP contribution in [0.3, 0.4) is 0 Å². The molecule has 14 heavy (non-hydrogen) atoms. The Morgan fingerprint density at radius 1 is 1.29 bits per heavy atom. The molecule has 0 bridgehead atoms. The van der Waals surface area contributed by atoms with Crippen molar-refractivity contribution in [1.82, 2.24) is 0 Å². The van der Waals surface area contributed by atoms with E-state index in [2.05, 4.69) is 4.74 Å². The standard InChI is InChI=1S/C11H18O3/c1-14-10(12)11(13)6-8-4-2-3-5-9(8)7-11/h8-9,13H,2-7H2,1H3/t8-,9+,11?. The number of methoxy groups -OCH3 is 1. The van der Waals surface area contributed by atoms with Crippen LogP contribution in [-0.4, -0.2) is 23.8 Å². The number of aliphatic hydroxyl groups is 1. The van der Waals surface area contributed by atoms with E-state index in [9.17, 15) is 9.90 Å². The fraction of sp³-hybridized carbons (Fsp3) is 0.909. The van der Waals surface area contributed by atoms with Crippen LogP contribution < -0.4 is 0 Å². The topological polar surface area (TPSA) is 46.5 Å². The second-order valence-corrected chi connectivity index (χ2v) is 4.74. The second kappa shape index (κ2) is 3.54. The minimum Gasteiger partial charge on any atom is -0.467 e. The predicted molar refractivity (Wildman–Crippen MR) is 51.6 cm³/mol. The van der Waals surface area contributed by atoms with Crippen molar-refractivity contribution in [3.8, 4) is 0 Å². The van der Waals surface area contributed by atoms with E-state index in [1.54, 1.807) is 0 Å². The lowest BCUT2D eigenvalue weighted by atomic mass is 9.82. The number of ether oxygens (including phenoxy) is 1. The van der Waals surface area contributed by atoms with Gasteiger partial charge in [0.15, 0.2) is 5.60 Å². The summed E-state index contributed by atoms with van der Waals surface area (Å²) in [4.78, 5) is 11.4. The van der Waals surface area contributed by atoms with E-state index in [0.717, 1.165) is 0 Å². The van der Waals surface area contributed by atoms with Crippen molar-refractivity contribution >= 4 is 5.97 Å². The number of esters is 1. The van der Waals surface area contributed by atoms with Gasteiger partial charge in [0.25, 0.3) is 0 Å². The zero-order chi connectivity index (χ0) is 10.2. The molecular weight excluding hydrogens is 180 g/mol. The lowest BCUT2D eigenvalue weighted by molar-refractivity contribution is -0.162. The average molecular weight is 198 g/mol. The summed E-state index contributed by atoms with van der Waals surface area (Å²) in [6.45, 7) is 0. The molecule has 0 aromatic rings. The van der Waals surface area contributed by atoms with Gasteiger partial charge in [0.1, 0.15) is 0 Å². The third-order valence-corrected chi connectivity index (χ3v) is 3.83. The number of rotatable bonds is 1. The summed E-state index contributed by atoms with van der Waals surface area (Å²) in [7, 11) is 1.35. The van der Waals surface area contributed by atoms with Crippen LogP contribution in [0, 0.1) is 11.8 Å². The Bertz CT molecular complexity index is 223. The van der Waals surface area contributed by atoms with Crippen molar-refractivity contribution in [1.29, 1.82) is 0 Å². The molecule has 2 aliphatic carbocycles. The SMILES string of the molecule is COC(=O)C1(O)C[C@H]2CCCC[C@H]2C1. The lowest BCUT2D eigenvalue weighted by Crippen LogP contribution is -2.37. The Labute approximate surface area is 84.4 Å². The molecule has 3 atom stereocenters. The summed E-state index contributed by atoms with van der Waals surface area (Å²) in [6, 6.07) is 0. The minimum atomic E-state index is -1.17. The van der Waals surface area contributed by atoms with Crippen LogP contribution in [0.4, 0.5) is 0 Å². The zero-order valence-electron chi connectivity index (χ0n) is 8.66. The van der Waals surface area contributed by atoms with E-state index in [0.29, 0.717) is 24.7 Å². The van der Waals surface area contributed by atoms with Gasteiger partial charge >= 0.3 is 5.97 Å². The van der Waals surface area contributed by atoms with Gasteiger partial charge in [0, 0.05) is 0 Å². The maximum absolute atomic E-state index is 11.4. The van der Waals surface area contributed by atoms with Crippen molar-refractivity contribution in [2.75, 3.05) is 7.11 Å². The highest BCUT2D eigenvalue weighted by atomic mass is 16.5. The van der Waals surface area contributed by atoms with Gasteiger partial charge in [0.05, 0.1) is 7.11 Å². The first-order chi connectivity index (χ1) is 6.65. The predicted octanol–water partition coefficient (Wildman–Crippen LogP) is 1.49. The quantitative estimate of drug-likeness (QED) is 0.649. The van der Waals surface area contributed by atoms with Gasteiger partial charge in [-0.1, -0.05) is 25.7 Å². The first-order valence-electron chi connectivity index (χ1n) is 5.46. The maximum atomic E-state index is 11.4. The molecule has 0 aliphatic heterocycles. The normalized spacial score (nSPS) is 41.9. The third kappa shape index (κ3) is 1.54. The Morgan fingerprint density at radius 2 is 1.79 bits per heavy atom. The molecule has 0 saturated heterocycles. The second-order valence-electron chi connectivity index (χ2n) is 4.74. The fourth-order valence-electron chi connectivity index (χ4n) is 3.13. The largest absolute Gasteiger partial charge is 0.467 e. The van der Waals surface area contributed by atoms with Crippen LogP contribution in [0.2, 0.25) is 0 Å². The van der Waals surface area contributed by atoms with Crippen molar-refractivity contribution in [3.05, 3.63) is 0 Å². The van der Waals surface area contributed by atoms with Crippen molar-refractivity contribution < 1.29 is 14.6 Å². The molecule has 1 N–H and O–H groups in total. The van der Waals surface area contributed by atoms with Crippen LogP contribution in [-0.2, 0) is 9.53 Å². The first kappa shape index (κ1) is 9.97. The van der Waals surface area contributed by atoms with Gasteiger partial charge < -0.3 is 9.84 Å². The summed E-state index contributed by atoms with van der Waals surface area (Å²) in [5.74, 6) is 0.660. The van der Waals surface area contributed by atoms with Crippen LogP contribution in [0.15, 0.2) is 0 Å². The Morgan fingerprint density at radius 3 is 2.21 bits per heavy atom. The first-order valence-corrected chi connectivity index (χ1v) is 5.46. The molecule has 3 nitrogen and oxygen atoms in total. The van der Waals surface area contributed by atoms with E-state index in [4.69, 9.17) is 0 Å². The van der Waals surface area contributed by atoms with Crippen molar-refractivity contribution in [2.45, 2.75) is 44.1 Å². The molecule has 2 rings (SSSR count). The monoisotopic (exact) mass is 198 g/mol. The Balaban J connectivity index is 2.07. The van der Waals surface area contributed by atoms with Crippen molar-refractivity contribution in [2.24, 2.45) is 11.8 Å². The van der Waals surface area contributed by atoms with Crippen LogP contribution in [0.1, 0.15) is 38.5 Å². The highest BCUT2D eigenvalue weighted by Gasteiger charge is 2.49. The summed E-state index contributed by atoms with van der Waals surface area (Å²) in [6.07, 6.45) is 6.07. The Kier molecular flexibility index (Phi) is 2.52. The zero-order valence-corrected chi connectivity index (χ0v) is 8.66. The summed E-state index contributed by atoms with van der Waals surface area (Å²) in [5.41, 5.74) is -1.17. The molecular formula is C11H18O3. The van der Waals surface area contributed by atoms with Crippen LogP contribution >= 0.6 is 0 Å². The average Bonchev–Trinajstić information content (AvgIpc) is 2.54. The molecule has 3 heteroatoms. The molecule has 0 spiro atoms. The van der Waals surface area contributed by atoms with Gasteiger partial charge in [-0.25, -0.2) is 4.79 Å². The molecule has 0 aromatic heterocycles. The van der Waals surface area contributed by atoms with Gasteiger partial charge in [-0.3, -0.25) is 0 Å².